The molecule has 4 rings (SSSR count). The van der Waals surface area contributed by atoms with Crippen molar-refractivity contribution in [2.75, 3.05) is 20.8 Å². The van der Waals surface area contributed by atoms with Crippen molar-refractivity contribution in [1.29, 1.82) is 0 Å². The molecular weight excluding hydrogens is 384 g/mol. The van der Waals surface area contributed by atoms with Gasteiger partial charge in [-0.1, -0.05) is 18.2 Å². The predicted molar refractivity (Wildman–Crippen MR) is 114 cm³/mol. The molecule has 0 bridgehead atoms. The minimum atomic E-state index is -0.408. The van der Waals surface area contributed by atoms with Crippen LogP contribution in [-0.2, 0) is 17.9 Å². The quantitative estimate of drug-likeness (QED) is 0.508. The number of methoxy groups -OCH3 is 2. The maximum Gasteiger partial charge on any atom is 0.279 e. The zero-order valence-electron chi connectivity index (χ0n) is 16.8. The molecule has 0 aliphatic heterocycles. The van der Waals surface area contributed by atoms with E-state index in [-0.39, 0.29) is 12.5 Å². The average molecular weight is 406 g/mol. The first-order valence-corrected chi connectivity index (χ1v) is 9.53. The van der Waals surface area contributed by atoms with Crippen molar-refractivity contribution < 1.29 is 14.3 Å². The summed E-state index contributed by atoms with van der Waals surface area (Å²) in [6, 6.07) is 13.5. The predicted octanol–water partition coefficient (Wildman–Crippen LogP) is 2.18. The van der Waals surface area contributed by atoms with Gasteiger partial charge < -0.3 is 19.4 Å². The molecule has 0 unspecified atom stereocenters. The lowest BCUT2D eigenvalue weighted by Gasteiger charge is -2.12. The van der Waals surface area contributed by atoms with Gasteiger partial charge in [0.15, 0.2) is 11.5 Å². The van der Waals surface area contributed by atoms with Gasteiger partial charge >= 0.3 is 0 Å². The SMILES string of the molecule is COc1ccc2cnn(CC(=O)NCCn3ccc4ccccc43)c(=O)c2c1OC. The summed E-state index contributed by atoms with van der Waals surface area (Å²) in [6.45, 7) is 0.892. The molecule has 0 saturated heterocycles. The van der Waals surface area contributed by atoms with Crippen LogP contribution in [0.25, 0.3) is 21.7 Å². The van der Waals surface area contributed by atoms with E-state index < -0.39 is 5.56 Å². The number of nitrogens with zero attached hydrogens (tertiary/aromatic N) is 3. The Morgan fingerprint density at radius 3 is 2.70 bits per heavy atom. The summed E-state index contributed by atoms with van der Waals surface area (Å²) >= 11 is 0. The van der Waals surface area contributed by atoms with Crippen LogP contribution in [0.15, 0.2) is 59.7 Å². The molecule has 0 saturated carbocycles. The van der Waals surface area contributed by atoms with Crippen molar-refractivity contribution in [3.05, 3.63) is 65.2 Å². The lowest BCUT2D eigenvalue weighted by atomic mass is 10.1. The van der Waals surface area contributed by atoms with Crippen molar-refractivity contribution in [3.8, 4) is 11.5 Å². The topological polar surface area (TPSA) is 87.4 Å². The van der Waals surface area contributed by atoms with Gasteiger partial charge in [0.2, 0.25) is 5.91 Å². The Morgan fingerprint density at radius 2 is 1.90 bits per heavy atom. The van der Waals surface area contributed by atoms with Crippen LogP contribution in [0, 0.1) is 0 Å². The molecule has 0 aliphatic rings. The molecule has 1 N–H and O–H groups in total. The van der Waals surface area contributed by atoms with Gasteiger partial charge in [0.05, 0.1) is 25.8 Å². The molecule has 2 heterocycles. The molecule has 0 radical (unpaired) electrons. The van der Waals surface area contributed by atoms with E-state index in [4.69, 9.17) is 9.47 Å². The third-order valence-corrected chi connectivity index (χ3v) is 5.01. The molecule has 0 fully saturated rings. The smallest absolute Gasteiger partial charge is 0.279 e. The first kappa shape index (κ1) is 19.5. The maximum atomic E-state index is 12.9. The number of ether oxygens (including phenoxy) is 2. The zero-order chi connectivity index (χ0) is 21.1. The Bertz CT molecular complexity index is 1280. The number of aromatic nitrogens is 3. The van der Waals surface area contributed by atoms with Gasteiger partial charge in [0.25, 0.3) is 5.56 Å². The molecular formula is C22H22N4O4. The lowest BCUT2D eigenvalue weighted by Crippen LogP contribution is -2.35. The highest BCUT2D eigenvalue weighted by molar-refractivity contribution is 5.89. The van der Waals surface area contributed by atoms with Gasteiger partial charge in [-0.25, -0.2) is 4.68 Å². The van der Waals surface area contributed by atoms with Gasteiger partial charge in [0.1, 0.15) is 6.54 Å². The van der Waals surface area contributed by atoms with Crippen LogP contribution in [0.2, 0.25) is 0 Å². The number of rotatable bonds is 7. The van der Waals surface area contributed by atoms with Crippen LogP contribution in [-0.4, -0.2) is 41.0 Å². The van der Waals surface area contributed by atoms with Gasteiger partial charge in [-0.2, -0.15) is 5.10 Å². The number of fused-ring (bicyclic) bond motifs is 2. The second-order valence-corrected chi connectivity index (χ2v) is 6.79. The van der Waals surface area contributed by atoms with Crippen molar-refractivity contribution in [2.45, 2.75) is 13.1 Å². The van der Waals surface area contributed by atoms with Crippen LogP contribution >= 0.6 is 0 Å². The van der Waals surface area contributed by atoms with E-state index >= 15 is 0 Å². The van der Waals surface area contributed by atoms with Crippen LogP contribution in [0.5, 0.6) is 11.5 Å². The summed E-state index contributed by atoms with van der Waals surface area (Å²) in [4.78, 5) is 25.3. The Kier molecular flexibility index (Phi) is 5.38. The molecule has 8 nitrogen and oxygen atoms in total. The number of carbonyl (C=O) groups excluding carboxylic acids is 1. The summed E-state index contributed by atoms with van der Waals surface area (Å²) in [5.74, 6) is 0.488. The molecule has 4 aromatic rings. The lowest BCUT2D eigenvalue weighted by molar-refractivity contribution is -0.121. The molecule has 1 amide bonds. The normalized spacial score (nSPS) is 11.0. The summed E-state index contributed by atoms with van der Waals surface area (Å²) < 4.78 is 13.8. The summed E-state index contributed by atoms with van der Waals surface area (Å²) in [6.07, 6.45) is 3.53. The van der Waals surface area contributed by atoms with E-state index in [0.717, 1.165) is 15.6 Å². The number of hydrogen-bond donors (Lipinski definition) is 1. The summed E-state index contributed by atoms with van der Waals surface area (Å²) in [7, 11) is 2.98. The van der Waals surface area contributed by atoms with Crippen LogP contribution in [0.1, 0.15) is 0 Å². The third kappa shape index (κ3) is 3.59. The van der Waals surface area contributed by atoms with E-state index in [9.17, 15) is 9.59 Å². The molecule has 2 aromatic heterocycles. The highest BCUT2D eigenvalue weighted by atomic mass is 16.5. The monoisotopic (exact) mass is 406 g/mol. The minimum Gasteiger partial charge on any atom is -0.493 e. The molecule has 0 atom stereocenters. The number of hydrogen-bond acceptors (Lipinski definition) is 5. The highest BCUT2D eigenvalue weighted by Crippen LogP contribution is 2.32. The number of carbonyl (C=O) groups is 1. The highest BCUT2D eigenvalue weighted by Gasteiger charge is 2.16. The van der Waals surface area contributed by atoms with E-state index in [0.29, 0.717) is 35.4 Å². The molecule has 2 aromatic carbocycles. The van der Waals surface area contributed by atoms with E-state index in [1.165, 1.54) is 20.4 Å². The zero-order valence-corrected chi connectivity index (χ0v) is 16.8. The Morgan fingerprint density at radius 1 is 1.07 bits per heavy atom. The van der Waals surface area contributed by atoms with Crippen molar-refractivity contribution in [1.82, 2.24) is 19.7 Å². The van der Waals surface area contributed by atoms with E-state index in [1.807, 2.05) is 36.5 Å². The second-order valence-electron chi connectivity index (χ2n) is 6.79. The molecule has 8 heteroatoms. The first-order valence-electron chi connectivity index (χ1n) is 9.53. The fourth-order valence-corrected chi connectivity index (χ4v) is 3.54. The minimum absolute atomic E-state index is 0.179. The number of nitrogens with one attached hydrogen (secondary N) is 1. The fourth-order valence-electron chi connectivity index (χ4n) is 3.54. The molecule has 154 valence electrons. The number of para-hydroxylation sites is 1. The largest absolute Gasteiger partial charge is 0.493 e. The van der Waals surface area contributed by atoms with Crippen molar-refractivity contribution >= 4 is 27.6 Å². The van der Waals surface area contributed by atoms with Gasteiger partial charge in [-0.15, -0.1) is 0 Å². The van der Waals surface area contributed by atoms with Crippen molar-refractivity contribution in [2.24, 2.45) is 0 Å². The van der Waals surface area contributed by atoms with E-state index in [1.54, 1.807) is 12.1 Å². The number of benzene rings is 2. The molecule has 0 aliphatic carbocycles. The van der Waals surface area contributed by atoms with Gasteiger partial charge in [-0.3, -0.25) is 9.59 Å². The third-order valence-electron chi connectivity index (χ3n) is 5.01. The fraction of sp³-hybridized carbons (Fsp3) is 0.227. The Balaban J connectivity index is 1.47. The van der Waals surface area contributed by atoms with Crippen LogP contribution < -0.4 is 20.3 Å². The van der Waals surface area contributed by atoms with Gasteiger partial charge in [0, 0.05) is 30.2 Å². The Labute approximate surface area is 172 Å². The molecule has 30 heavy (non-hydrogen) atoms. The van der Waals surface area contributed by atoms with Gasteiger partial charge in [-0.05, 0) is 29.7 Å². The Hall–Kier alpha value is -3.81. The maximum absolute atomic E-state index is 12.9. The summed E-state index contributed by atoms with van der Waals surface area (Å²) in [5.41, 5.74) is 0.704. The molecule has 0 spiro atoms. The second kappa shape index (κ2) is 8.28. The van der Waals surface area contributed by atoms with Crippen LogP contribution in [0.4, 0.5) is 0 Å². The summed E-state index contributed by atoms with van der Waals surface area (Å²) in [5, 5.41) is 9.07. The van der Waals surface area contributed by atoms with Crippen LogP contribution in [0.3, 0.4) is 0 Å². The van der Waals surface area contributed by atoms with E-state index in [2.05, 4.69) is 15.0 Å². The number of amides is 1. The standard InChI is InChI=1S/C22H22N4O4/c1-29-18-8-7-16-13-24-26(22(28)20(16)21(18)30-2)14-19(27)23-10-12-25-11-9-15-5-3-4-6-17(15)25/h3-9,11,13H,10,12,14H2,1-2H3,(H,23,27). The van der Waals surface area contributed by atoms with Crippen molar-refractivity contribution in [3.63, 3.8) is 0 Å². The first-order chi connectivity index (χ1) is 14.6. The average Bonchev–Trinajstić information content (AvgIpc) is 3.18.